The normalized spacial score (nSPS) is 17.3. The summed E-state index contributed by atoms with van der Waals surface area (Å²) in [7, 11) is 1.57. The summed E-state index contributed by atoms with van der Waals surface area (Å²) in [6.45, 7) is 6.64. The van der Waals surface area contributed by atoms with Crippen molar-refractivity contribution in [2.24, 2.45) is 5.92 Å². The summed E-state index contributed by atoms with van der Waals surface area (Å²) in [5.74, 6) is 0.451. The first-order valence-corrected chi connectivity index (χ1v) is 12.3. The fourth-order valence-corrected chi connectivity index (χ4v) is 5.27. The largest absolute Gasteiger partial charge is 0.467 e. The fraction of sp³-hybridized carbons (Fsp3) is 0.250. The van der Waals surface area contributed by atoms with Crippen molar-refractivity contribution in [2.75, 3.05) is 12.4 Å². The maximum absolute atomic E-state index is 5.07. The van der Waals surface area contributed by atoms with Crippen molar-refractivity contribution in [3.05, 3.63) is 88.6 Å². The minimum Gasteiger partial charge on any atom is -0.467 e. The molecule has 1 unspecified atom stereocenters. The number of aryl methyl sites for hydroxylation is 1. The van der Waals surface area contributed by atoms with Gasteiger partial charge in [-0.2, -0.15) is 0 Å². The molecule has 2 heterocycles. The zero-order valence-electron chi connectivity index (χ0n) is 19.9. The molecule has 1 aliphatic rings. The van der Waals surface area contributed by atoms with E-state index in [2.05, 4.69) is 94.1 Å². The van der Waals surface area contributed by atoms with Gasteiger partial charge >= 0.3 is 6.01 Å². The second-order valence-corrected chi connectivity index (χ2v) is 10.0. The van der Waals surface area contributed by atoms with Crippen LogP contribution in [0.15, 0.2) is 78.1 Å². The number of rotatable bonds is 7. The Morgan fingerprint density at radius 2 is 1.62 bits per heavy atom. The first-order valence-electron chi connectivity index (χ1n) is 11.5. The first-order chi connectivity index (χ1) is 16.5. The van der Waals surface area contributed by atoms with Crippen molar-refractivity contribution in [3.8, 4) is 28.4 Å². The third kappa shape index (κ3) is 3.99. The van der Waals surface area contributed by atoms with E-state index in [1.165, 1.54) is 11.3 Å². The summed E-state index contributed by atoms with van der Waals surface area (Å²) >= 11 is 1.68. The van der Waals surface area contributed by atoms with E-state index in [0.717, 1.165) is 39.5 Å². The summed E-state index contributed by atoms with van der Waals surface area (Å²) in [6, 6.07) is 17.7. The lowest BCUT2D eigenvalue weighted by Crippen LogP contribution is -2.42. The Morgan fingerprint density at radius 1 is 0.941 bits per heavy atom. The number of benzene rings is 2. The number of hydrogen-bond donors (Lipinski definition) is 1. The van der Waals surface area contributed by atoms with Crippen LogP contribution in [0, 0.1) is 12.8 Å². The van der Waals surface area contributed by atoms with Gasteiger partial charge in [-0.1, -0.05) is 56.3 Å². The summed E-state index contributed by atoms with van der Waals surface area (Å²) in [5, 5.41) is 6.90. The van der Waals surface area contributed by atoms with Crippen molar-refractivity contribution < 1.29 is 4.74 Å². The third-order valence-corrected chi connectivity index (χ3v) is 7.49. The van der Waals surface area contributed by atoms with E-state index >= 15 is 0 Å². The number of thiazole rings is 1. The molecular formula is C28H28N4OS. The highest BCUT2D eigenvalue weighted by Crippen LogP contribution is 2.49. The minimum atomic E-state index is -0.0281. The highest BCUT2D eigenvalue weighted by atomic mass is 32.1. The van der Waals surface area contributed by atoms with Crippen LogP contribution < -0.4 is 10.1 Å². The fourth-order valence-electron chi connectivity index (χ4n) is 4.65. The van der Waals surface area contributed by atoms with Crippen LogP contribution in [0.2, 0.25) is 0 Å². The van der Waals surface area contributed by atoms with Gasteiger partial charge in [0.15, 0.2) is 0 Å². The van der Waals surface area contributed by atoms with Crippen molar-refractivity contribution in [2.45, 2.75) is 32.6 Å². The number of nitrogens with zero attached hydrogens (tertiary/aromatic N) is 3. The van der Waals surface area contributed by atoms with E-state index in [4.69, 9.17) is 4.74 Å². The molecule has 2 aromatic heterocycles. The number of aromatic nitrogens is 3. The van der Waals surface area contributed by atoms with Gasteiger partial charge in [0.2, 0.25) is 0 Å². The number of nitrogens with one attached hydrogen (secondary N) is 1. The Bertz CT molecular complexity index is 1310. The van der Waals surface area contributed by atoms with Gasteiger partial charge < -0.3 is 10.1 Å². The second kappa shape index (κ2) is 9.03. The molecule has 0 saturated carbocycles. The van der Waals surface area contributed by atoms with Crippen LogP contribution in [0.4, 0.5) is 5.69 Å². The predicted octanol–water partition coefficient (Wildman–Crippen LogP) is 6.88. The minimum absolute atomic E-state index is 0.0281. The van der Waals surface area contributed by atoms with Gasteiger partial charge in [-0.05, 0) is 42.5 Å². The van der Waals surface area contributed by atoms with Gasteiger partial charge in [-0.25, -0.2) is 15.0 Å². The van der Waals surface area contributed by atoms with Gasteiger partial charge in [0.1, 0.15) is 0 Å². The zero-order chi connectivity index (χ0) is 23.7. The van der Waals surface area contributed by atoms with E-state index in [-0.39, 0.29) is 5.41 Å². The Kier molecular flexibility index (Phi) is 5.92. The molecular weight excluding hydrogens is 440 g/mol. The highest BCUT2D eigenvalue weighted by molar-refractivity contribution is 7.09. The van der Waals surface area contributed by atoms with Gasteiger partial charge in [0.05, 0.1) is 17.8 Å². The van der Waals surface area contributed by atoms with Crippen molar-refractivity contribution in [3.63, 3.8) is 0 Å². The molecule has 0 bridgehead atoms. The Labute approximate surface area is 204 Å². The van der Waals surface area contributed by atoms with E-state index in [9.17, 15) is 0 Å². The Morgan fingerprint density at radius 3 is 2.15 bits per heavy atom. The Hall–Kier alpha value is -3.51. The molecule has 34 heavy (non-hydrogen) atoms. The lowest BCUT2D eigenvalue weighted by molar-refractivity contribution is 0.333. The summed E-state index contributed by atoms with van der Waals surface area (Å²) in [6.07, 6.45) is 6.93. The first kappa shape index (κ1) is 22.3. The molecule has 4 aromatic rings. The molecule has 0 radical (unpaired) electrons. The van der Waals surface area contributed by atoms with Crippen molar-refractivity contribution >= 4 is 17.0 Å². The number of allylic oxidation sites excluding steroid dienone is 2. The number of anilines is 1. The van der Waals surface area contributed by atoms with Crippen LogP contribution in [0.3, 0.4) is 0 Å². The van der Waals surface area contributed by atoms with E-state index < -0.39 is 0 Å². The molecule has 0 amide bonds. The second-order valence-electron chi connectivity index (χ2n) is 8.94. The SMILES string of the molecule is COc1ncc(-c2ccc(C3(C(C)C)CC=C3Nc3ccc(-c4csc(C)n4)cc3)cc2)cn1. The topological polar surface area (TPSA) is 59.9 Å². The number of methoxy groups -OCH3 is 1. The predicted molar refractivity (Wildman–Crippen MR) is 139 cm³/mol. The maximum Gasteiger partial charge on any atom is 0.316 e. The van der Waals surface area contributed by atoms with Crippen LogP contribution in [0.25, 0.3) is 22.4 Å². The maximum atomic E-state index is 5.07. The smallest absolute Gasteiger partial charge is 0.316 e. The molecule has 1 N–H and O–H groups in total. The Balaban J connectivity index is 1.36. The molecule has 5 rings (SSSR count). The van der Waals surface area contributed by atoms with E-state index in [0.29, 0.717) is 11.9 Å². The van der Waals surface area contributed by atoms with Crippen LogP contribution >= 0.6 is 11.3 Å². The third-order valence-electron chi connectivity index (χ3n) is 6.72. The van der Waals surface area contributed by atoms with Crippen LogP contribution in [-0.2, 0) is 5.41 Å². The molecule has 5 nitrogen and oxygen atoms in total. The summed E-state index contributed by atoms with van der Waals surface area (Å²) < 4.78 is 5.07. The average Bonchev–Trinajstić information content (AvgIpc) is 3.29. The number of hydrogen-bond acceptors (Lipinski definition) is 6. The zero-order valence-corrected chi connectivity index (χ0v) is 20.7. The molecule has 0 aliphatic heterocycles. The van der Waals surface area contributed by atoms with Gasteiger partial charge in [-0.15, -0.1) is 11.3 Å². The van der Waals surface area contributed by atoms with Gasteiger partial charge in [0, 0.05) is 45.7 Å². The average molecular weight is 469 g/mol. The lowest BCUT2D eigenvalue weighted by atomic mass is 9.61. The highest BCUT2D eigenvalue weighted by Gasteiger charge is 2.44. The molecule has 6 heteroatoms. The van der Waals surface area contributed by atoms with Crippen LogP contribution in [-0.4, -0.2) is 22.1 Å². The molecule has 0 spiro atoms. The lowest BCUT2D eigenvalue weighted by Gasteiger charge is -2.46. The van der Waals surface area contributed by atoms with Gasteiger partial charge in [-0.3, -0.25) is 0 Å². The van der Waals surface area contributed by atoms with Crippen molar-refractivity contribution in [1.82, 2.24) is 15.0 Å². The molecule has 2 aromatic carbocycles. The monoisotopic (exact) mass is 468 g/mol. The van der Waals surface area contributed by atoms with E-state index in [1.807, 2.05) is 6.92 Å². The molecule has 0 fully saturated rings. The molecule has 172 valence electrons. The standard InChI is InChI=1S/C28H28N4OS/c1-18(2)28(23-9-5-20(6-10-23)22-15-29-27(33-4)30-16-22)14-13-26(28)32-24-11-7-21(8-12-24)25-17-34-19(3)31-25/h5-13,15-18,32H,14H2,1-4H3. The van der Waals surface area contributed by atoms with E-state index in [1.54, 1.807) is 30.8 Å². The van der Waals surface area contributed by atoms with Crippen LogP contribution in [0.5, 0.6) is 6.01 Å². The number of ether oxygens (including phenoxy) is 1. The quantitative estimate of drug-likeness (QED) is 0.320. The summed E-state index contributed by atoms with van der Waals surface area (Å²) in [5.41, 5.74) is 7.90. The molecule has 1 atom stereocenters. The van der Waals surface area contributed by atoms with Crippen molar-refractivity contribution in [1.29, 1.82) is 0 Å². The van der Waals surface area contributed by atoms with Gasteiger partial charge in [0.25, 0.3) is 0 Å². The summed E-state index contributed by atoms with van der Waals surface area (Å²) in [4.78, 5) is 13.1. The molecule has 1 aliphatic carbocycles. The molecule has 0 saturated heterocycles. The van der Waals surface area contributed by atoms with Crippen LogP contribution in [0.1, 0.15) is 30.8 Å².